The van der Waals surface area contributed by atoms with Crippen LogP contribution in [0.25, 0.3) is 0 Å². The van der Waals surface area contributed by atoms with Crippen molar-refractivity contribution in [2.24, 2.45) is 0 Å². The van der Waals surface area contributed by atoms with E-state index in [-0.39, 0.29) is 0 Å². The second kappa shape index (κ2) is 5.13. The Morgan fingerprint density at radius 2 is 1.95 bits per heavy atom. The van der Waals surface area contributed by atoms with Crippen LogP contribution < -0.4 is 5.32 Å². The monoisotopic (exact) mass is 257 g/mol. The lowest BCUT2D eigenvalue weighted by Crippen LogP contribution is -2.39. The third kappa shape index (κ3) is 2.84. The van der Waals surface area contributed by atoms with Gasteiger partial charge in [0.15, 0.2) is 5.82 Å². The van der Waals surface area contributed by atoms with Crippen LogP contribution >= 0.6 is 0 Å². The highest BCUT2D eigenvalue weighted by Crippen LogP contribution is 2.36. The molecule has 1 fully saturated rings. The smallest absolute Gasteiger partial charge is 0.223 e. The van der Waals surface area contributed by atoms with Gasteiger partial charge in [-0.25, -0.2) is 0 Å². The van der Waals surface area contributed by atoms with Crippen LogP contribution in [0.2, 0.25) is 0 Å². The number of benzene rings is 1. The van der Waals surface area contributed by atoms with Crippen molar-refractivity contribution in [3.05, 3.63) is 47.1 Å². The summed E-state index contributed by atoms with van der Waals surface area (Å²) in [6.07, 6.45) is 2.39. The van der Waals surface area contributed by atoms with E-state index in [4.69, 9.17) is 4.52 Å². The number of aromatic nitrogens is 2. The zero-order valence-electron chi connectivity index (χ0n) is 11.4. The Balaban J connectivity index is 1.46. The lowest BCUT2D eigenvalue weighted by molar-refractivity contribution is 0.285. The molecule has 0 aliphatic heterocycles. The van der Waals surface area contributed by atoms with Crippen molar-refractivity contribution < 1.29 is 4.52 Å². The second-order valence-corrected chi connectivity index (χ2v) is 5.39. The van der Waals surface area contributed by atoms with Crippen molar-refractivity contribution in [3.63, 3.8) is 0 Å². The number of nitrogens with zero attached hydrogens (tertiary/aromatic N) is 2. The van der Waals surface area contributed by atoms with Gasteiger partial charge in [-0.1, -0.05) is 35.0 Å². The van der Waals surface area contributed by atoms with Crippen LogP contribution in [0.5, 0.6) is 0 Å². The average Bonchev–Trinajstić information content (AvgIpc) is 2.75. The summed E-state index contributed by atoms with van der Waals surface area (Å²) in [7, 11) is 0. The molecule has 0 unspecified atom stereocenters. The highest BCUT2D eigenvalue weighted by molar-refractivity contribution is 5.26. The minimum absolute atomic E-state index is 0.574. The molecule has 4 nitrogen and oxygen atoms in total. The van der Waals surface area contributed by atoms with Crippen molar-refractivity contribution in [3.8, 4) is 0 Å². The van der Waals surface area contributed by atoms with E-state index in [1.54, 1.807) is 0 Å². The molecule has 1 N–H and O–H groups in total. The summed E-state index contributed by atoms with van der Waals surface area (Å²) in [5.74, 6) is 2.07. The summed E-state index contributed by atoms with van der Waals surface area (Å²) >= 11 is 0. The molecule has 0 amide bonds. The van der Waals surface area contributed by atoms with Gasteiger partial charge in [-0.2, -0.15) is 4.98 Å². The van der Waals surface area contributed by atoms with E-state index in [0.717, 1.165) is 5.82 Å². The molecule has 1 aromatic carbocycles. The van der Waals surface area contributed by atoms with E-state index in [9.17, 15) is 0 Å². The van der Waals surface area contributed by atoms with Crippen LogP contribution in [0.1, 0.15) is 41.6 Å². The van der Waals surface area contributed by atoms with Crippen LogP contribution in [0.4, 0.5) is 0 Å². The van der Waals surface area contributed by atoms with E-state index in [1.165, 1.54) is 24.0 Å². The molecule has 3 rings (SSSR count). The van der Waals surface area contributed by atoms with Gasteiger partial charge in [0.1, 0.15) is 0 Å². The molecule has 1 aromatic heterocycles. The normalized spacial score (nSPS) is 22.2. The van der Waals surface area contributed by atoms with Gasteiger partial charge < -0.3 is 9.84 Å². The molecule has 1 saturated carbocycles. The van der Waals surface area contributed by atoms with E-state index >= 15 is 0 Å². The first-order valence-corrected chi connectivity index (χ1v) is 6.80. The maximum Gasteiger partial charge on any atom is 0.223 e. The Hall–Kier alpha value is -1.68. The highest BCUT2D eigenvalue weighted by Gasteiger charge is 2.29. The zero-order chi connectivity index (χ0) is 13.2. The standard InChI is InChI=1S/C15H19N3O/c1-10-3-5-12(6-4-10)13-7-14(8-13)16-9-15-17-11(2)19-18-15/h3-6,13-14,16H,7-9H2,1-2H3. The van der Waals surface area contributed by atoms with E-state index in [2.05, 4.69) is 46.6 Å². The lowest BCUT2D eigenvalue weighted by Gasteiger charge is -2.36. The predicted octanol–water partition coefficient (Wildman–Crippen LogP) is 2.72. The summed E-state index contributed by atoms with van der Waals surface area (Å²) in [5, 5.41) is 7.36. The molecule has 0 radical (unpaired) electrons. The third-order valence-corrected chi connectivity index (χ3v) is 3.81. The maximum atomic E-state index is 4.95. The molecule has 100 valence electrons. The number of rotatable bonds is 4. The topological polar surface area (TPSA) is 51.0 Å². The van der Waals surface area contributed by atoms with Gasteiger partial charge in [-0.3, -0.25) is 0 Å². The Kier molecular flexibility index (Phi) is 3.34. The molecule has 2 aromatic rings. The Bertz CT molecular complexity index is 541. The van der Waals surface area contributed by atoms with Gasteiger partial charge in [0.05, 0.1) is 6.54 Å². The summed E-state index contributed by atoms with van der Waals surface area (Å²) < 4.78 is 4.95. The van der Waals surface area contributed by atoms with Gasteiger partial charge in [-0.05, 0) is 31.2 Å². The van der Waals surface area contributed by atoms with Crippen LogP contribution in [-0.4, -0.2) is 16.2 Å². The number of hydrogen-bond acceptors (Lipinski definition) is 4. The summed E-state index contributed by atoms with van der Waals surface area (Å²) in [6, 6.07) is 9.46. The van der Waals surface area contributed by atoms with Gasteiger partial charge in [0.2, 0.25) is 5.89 Å². The van der Waals surface area contributed by atoms with Gasteiger partial charge in [-0.15, -0.1) is 0 Å². The van der Waals surface area contributed by atoms with Crippen LogP contribution in [-0.2, 0) is 6.54 Å². The summed E-state index contributed by atoms with van der Waals surface area (Å²) in [5.41, 5.74) is 2.78. The lowest BCUT2D eigenvalue weighted by atomic mass is 9.76. The zero-order valence-corrected chi connectivity index (χ0v) is 11.4. The predicted molar refractivity (Wildman–Crippen MR) is 72.8 cm³/mol. The van der Waals surface area contributed by atoms with Crippen LogP contribution in [0, 0.1) is 13.8 Å². The first-order valence-electron chi connectivity index (χ1n) is 6.80. The molecule has 1 heterocycles. The number of aryl methyl sites for hydroxylation is 2. The summed E-state index contributed by atoms with van der Waals surface area (Å²) in [4.78, 5) is 4.19. The van der Waals surface area contributed by atoms with Gasteiger partial charge in [0.25, 0.3) is 0 Å². The SMILES string of the molecule is Cc1ccc(C2CC(NCc3noc(C)n3)C2)cc1. The van der Waals surface area contributed by atoms with Crippen molar-refractivity contribution in [2.75, 3.05) is 0 Å². The molecule has 0 spiro atoms. The molecular weight excluding hydrogens is 238 g/mol. The van der Waals surface area contributed by atoms with Crippen LogP contribution in [0.3, 0.4) is 0 Å². The van der Waals surface area contributed by atoms with Gasteiger partial charge in [0, 0.05) is 13.0 Å². The Morgan fingerprint density at radius 3 is 2.58 bits per heavy atom. The van der Waals surface area contributed by atoms with Crippen molar-refractivity contribution >= 4 is 0 Å². The first-order chi connectivity index (χ1) is 9.20. The van der Waals surface area contributed by atoms with Crippen molar-refractivity contribution in [2.45, 2.75) is 45.2 Å². The highest BCUT2D eigenvalue weighted by atomic mass is 16.5. The molecular formula is C15H19N3O. The van der Waals surface area contributed by atoms with E-state index in [0.29, 0.717) is 24.4 Å². The number of nitrogens with one attached hydrogen (secondary N) is 1. The minimum atomic E-state index is 0.574. The van der Waals surface area contributed by atoms with Crippen LogP contribution in [0.15, 0.2) is 28.8 Å². The molecule has 0 saturated heterocycles. The fourth-order valence-electron chi connectivity index (χ4n) is 2.54. The molecule has 0 bridgehead atoms. The molecule has 1 aliphatic carbocycles. The fourth-order valence-corrected chi connectivity index (χ4v) is 2.54. The number of hydrogen-bond donors (Lipinski definition) is 1. The largest absolute Gasteiger partial charge is 0.340 e. The molecule has 0 atom stereocenters. The summed E-state index contributed by atoms with van der Waals surface area (Å²) in [6.45, 7) is 4.64. The van der Waals surface area contributed by atoms with Crippen molar-refractivity contribution in [1.82, 2.24) is 15.5 Å². The Labute approximate surface area is 113 Å². The average molecular weight is 257 g/mol. The third-order valence-electron chi connectivity index (χ3n) is 3.81. The second-order valence-electron chi connectivity index (χ2n) is 5.39. The van der Waals surface area contributed by atoms with Crippen molar-refractivity contribution in [1.29, 1.82) is 0 Å². The quantitative estimate of drug-likeness (QED) is 0.915. The van der Waals surface area contributed by atoms with Gasteiger partial charge >= 0.3 is 0 Å². The molecule has 19 heavy (non-hydrogen) atoms. The van der Waals surface area contributed by atoms with E-state index in [1.807, 2.05) is 6.92 Å². The van der Waals surface area contributed by atoms with E-state index < -0.39 is 0 Å². The first kappa shape index (κ1) is 12.4. The molecule has 1 aliphatic rings. The maximum absolute atomic E-state index is 4.95. The minimum Gasteiger partial charge on any atom is -0.340 e. The Morgan fingerprint density at radius 1 is 1.21 bits per heavy atom. The fraction of sp³-hybridized carbons (Fsp3) is 0.467. The molecule has 4 heteroatoms.